The number of carbonyl (C=O) groups is 2. The number of benzene rings is 2. The van der Waals surface area contributed by atoms with Gasteiger partial charge in [0, 0.05) is 11.1 Å². The van der Waals surface area contributed by atoms with Crippen LogP contribution in [0.3, 0.4) is 0 Å². The molecule has 1 heterocycles. The van der Waals surface area contributed by atoms with Gasteiger partial charge in [-0.15, -0.1) is 0 Å². The van der Waals surface area contributed by atoms with Crippen LogP contribution >= 0.6 is 0 Å². The van der Waals surface area contributed by atoms with Crippen molar-refractivity contribution < 1.29 is 24.2 Å². The minimum absolute atomic E-state index is 0.225. The molecule has 0 spiro atoms. The number of allylic oxidation sites excluding steroid dienone is 1. The van der Waals surface area contributed by atoms with Gasteiger partial charge in [-0.2, -0.15) is 5.26 Å². The molecule has 0 aliphatic carbocycles. The molecule has 0 fully saturated rings. The van der Waals surface area contributed by atoms with E-state index in [9.17, 15) is 14.7 Å². The Morgan fingerprint density at radius 1 is 1.04 bits per heavy atom. The SMILES string of the molecule is N#Cc1ccc(C(=O)/C=C/c2ccc(-c3ccc(O)c(C(=O)O)c3)o2)cc1. The highest BCUT2D eigenvalue weighted by Gasteiger charge is 2.12. The topological polar surface area (TPSA) is 112 Å². The molecule has 6 nitrogen and oxygen atoms in total. The van der Waals surface area contributed by atoms with Crippen LogP contribution in [0.15, 0.2) is 65.1 Å². The summed E-state index contributed by atoms with van der Waals surface area (Å²) in [7, 11) is 0. The Morgan fingerprint density at radius 3 is 2.44 bits per heavy atom. The Labute approximate surface area is 154 Å². The summed E-state index contributed by atoms with van der Waals surface area (Å²) in [5, 5.41) is 27.4. The van der Waals surface area contributed by atoms with E-state index in [1.54, 1.807) is 36.4 Å². The highest BCUT2D eigenvalue weighted by Crippen LogP contribution is 2.28. The minimum Gasteiger partial charge on any atom is -0.507 e. The first-order valence-electron chi connectivity index (χ1n) is 7.87. The zero-order chi connectivity index (χ0) is 19.4. The summed E-state index contributed by atoms with van der Waals surface area (Å²) in [6.07, 6.45) is 2.85. The maximum absolute atomic E-state index is 12.1. The number of furan rings is 1. The molecule has 0 bridgehead atoms. The number of aromatic hydroxyl groups is 1. The zero-order valence-electron chi connectivity index (χ0n) is 13.9. The molecule has 0 aliphatic rings. The predicted octanol–water partition coefficient (Wildman–Crippen LogP) is 4.12. The first-order chi connectivity index (χ1) is 13.0. The number of nitrogens with zero attached hydrogens (tertiary/aromatic N) is 1. The minimum atomic E-state index is -1.24. The van der Waals surface area contributed by atoms with E-state index in [1.165, 1.54) is 30.4 Å². The maximum Gasteiger partial charge on any atom is 0.339 e. The van der Waals surface area contributed by atoms with Crippen LogP contribution in [0.25, 0.3) is 17.4 Å². The van der Waals surface area contributed by atoms with Crippen molar-refractivity contribution in [2.24, 2.45) is 0 Å². The molecule has 2 aromatic carbocycles. The van der Waals surface area contributed by atoms with E-state index < -0.39 is 5.97 Å². The summed E-state index contributed by atoms with van der Waals surface area (Å²) < 4.78 is 5.61. The Morgan fingerprint density at radius 2 is 1.78 bits per heavy atom. The van der Waals surface area contributed by atoms with Gasteiger partial charge >= 0.3 is 5.97 Å². The summed E-state index contributed by atoms with van der Waals surface area (Å²) in [5.41, 5.74) is 1.18. The molecule has 0 aliphatic heterocycles. The van der Waals surface area contributed by atoms with Crippen LogP contribution in [0.1, 0.15) is 32.0 Å². The zero-order valence-corrected chi connectivity index (χ0v) is 13.9. The standard InChI is InChI=1S/C21H13NO5/c22-12-13-1-3-14(4-2-13)18(23)9-6-16-7-10-20(27-16)15-5-8-19(24)17(11-15)21(25)26/h1-11,24H,(H,25,26)/b9-6+. The van der Waals surface area contributed by atoms with Crippen molar-refractivity contribution in [2.75, 3.05) is 0 Å². The quantitative estimate of drug-likeness (QED) is 0.523. The molecule has 0 saturated heterocycles. The Bertz CT molecular complexity index is 1080. The fraction of sp³-hybridized carbons (Fsp3) is 0. The smallest absolute Gasteiger partial charge is 0.339 e. The Balaban J connectivity index is 1.78. The number of nitriles is 1. The van der Waals surface area contributed by atoms with E-state index in [1.807, 2.05) is 6.07 Å². The molecule has 27 heavy (non-hydrogen) atoms. The Hall–Kier alpha value is -4.11. The lowest BCUT2D eigenvalue weighted by Gasteiger charge is -2.02. The summed E-state index contributed by atoms with van der Waals surface area (Å²) in [5.74, 6) is -0.991. The van der Waals surface area contributed by atoms with Crippen LogP contribution in [-0.4, -0.2) is 22.0 Å². The first kappa shape index (κ1) is 17.7. The number of hydrogen-bond acceptors (Lipinski definition) is 5. The van der Waals surface area contributed by atoms with E-state index in [4.69, 9.17) is 14.8 Å². The summed E-state index contributed by atoms with van der Waals surface area (Å²) in [4.78, 5) is 23.3. The second kappa shape index (κ2) is 7.42. The maximum atomic E-state index is 12.1. The van der Waals surface area contributed by atoms with E-state index in [0.717, 1.165) is 0 Å². The van der Waals surface area contributed by atoms with E-state index >= 15 is 0 Å². The van der Waals surface area contributed by atoms with Crippen molar-refractivity contribution in [2.45, 2.75) is 0 Å². The van der Waals surface area contributed by atoms with Crippen LogP contribution in [0, 0.1) is 11.3 Å². The van der Waals surface area contributed by atoms with Crippen LogP contribution < -0.4 is 0 Å². The molecule has 6 heteroatoms. The number of phenols is 1. The van der Waals surface area contributed by atoms with Crippen molar-refractivity contribution in [1.29, 1.82) is 5.26 Å². The van der Waals surface area contributed by atoms with E-state index in [-0.39, 0.29) is 17.1 Å². The number of carbonyl (C=O) groups excluding carboxylic acids is 1. The average molecular weight is 359 g/mol. The van der Waals surface area contributed by atoms with Crippen molar-refractivity contribution in [3.05, 3.63) is 83.1 Å². The summed E-state index contributed by atoms with van der Waals surface area (Å²) >= 11 is 0. The van der Waals surface area contributed by atoms with Gasteiger partial charge in [-0.05, 0) is 66.7 Å². The molecule has 0 saturated carbocycles. The van der Waals surface area contributed by atoms with E-state index in [0.29, 0.717) is 28.2 Å². The van der Waals surface area contributed by atoms with Gasteiger partial charge in [0.2, 0.25) is 0 Å². The van der Waals surface area contributed by atoms with Gasteiger partial charge in [-0.25, -0.2) is 4.79 Å². The monoisotopic (exact) mass is 359 g/mol. The van der Waals surface area contributed by atoms with Gasteiger partial charge in [-0.3, -0.25) is 4.79 Å². The second-order valence-electron chi connectivity index (χ2n) is 5.63. The van der Waals surface area contributed by atoms with Crippen molar-refractivity contribution >= 4 is 17.8 Å². The largest absolute Gasteiger partial charge is 0.507 e. The average Bonchev–Trinajstić information content (AvgIpc) is 3.15. The number of hydrogen-bond donors (Lipinski definition) is 2. The molecule has 2 N–H and O–H groups in total. The van der Waals surface area contributed by atoms with Crippen molar-refractivity contribution in [3.63, 3.8) is 0 Å². The predicted molar refractivity (Wildman–Crippen MR) is 97.3 cm³/mol. The number of rotatable bonds is 5. The molecular weight excluding hydrogens is 346 g/mol. The molecule has 0 amide bonds. The van der Waals surface area contributed by atoms with Crippen LogP contribution in [0.2, 0.25) is 0 Å². The molecule has 132 valence electrons. The second-order valence-corrected chi connectivity index (χ2v) is 5.63. The lowest BCUT2D eigenvalue weighted by molar-refractivity contribution is 0.0693. The van der Waals surface area contributed by atoms with Crippen LogP contribution in [-0.2, 0) is 0 Å². The third-order valence-corrected chi connectivity index (χ3v) is 3.84. The van der Waals surface area contributed by atoms with Gasteiger partial charge in [0.15, 0.2) is 5.78 Å². The highest BCUT2D eigenvalue weighted by molar-refractivity contribution is 6.06. The number of aromatic carboxylic acids is 1. The first-order valence-corrected chi connectivity index (χ1v) is 7.87. The van der Waals surface area contributed by atoms with E-state index in [2.05, 4.69) is 0 Å². The van der Waals surface area contributed by atoms with Gasteiger partial charge in [-0.1, -0.05) is 0 Å². The van der Waals surface area contributed by atoms with Gasteiger partial charge < -0.3 is 14.6 Å². The van der Waals surface area contributed by atoms with Crippen LogP contribution in [0.5, 0.6) is 5.75 Å². The molecule has 1 aromatic heterocycles. The normalized spacial score (nSPS) is 10.6. The highest BCUT2D eigenvalue weighted by atomic mass is 16.4. The molecule has 0 unspecified atom stereocenters. The van der Waals surface area contributed by atoms with Crippen LogP contribution in [0.4, 0.5) is 0 Å². The third kappa shape index (κ3) is 3.94. The molecule has 3 rings (SSSR count). The van der Waals surface area contributed by atoms with Crippen molar-refractivity contribution in [3.8, 4) is 23.1 Å². The summed E-state index contributed by atoms with van der Waals surface area (Å²) in [6.45, 7) is 0. The number of ketones is 1. The van der Waals surface area contributed by atoms with Gasteiger partial charge in [0.1, 0.15) is 22.8 Å². The fourth-order valence-corrected chi connectivity index (χ4v) is 2.42. The lowest BCUT2D eigenvalue weighted by Crippen LogP contribution is -1.96. The number of carboxylic acids is 1. The molecule has 3 aromatic rings. The van der Waals surface area contributed by atoms with Gasteiger partial charge in [0.25, 0.3) is 0 Å². The summed E-state index contributed by atoms with van der Waals surface area (Å²) in [6, 6.07) is 15.7. The molecule has 0 atom stereocenters. The Kier molecular flexibility index (Phi) is 4.86. The fourth-order valence-electron chi connectivity index (χ4n) is 2.42. The lowest BCUT2D eigenvalue weighted by atomic mass is 10.1. The molecule has 0 radical (unpaired) electrons. The van der Waals surface area contributed by atoms with Gasteiger partial charge in [0.05, 0.1) is 11.6 Å². The third-order valence-electron chi connectivity index (χ3n) is 3.84. The molecular formula is C21H13NO5. The van der Waals surface area contributed by atoms with Crippen molar-refractivity contribution in [1.82, 2.24) is 0 Å². The number of carboxylic acid groups (broad SMARTS) is 1.